The summed E-state index contributed by atoms with van der Waals surface area (Å²) in [5.74, 6) is -6.34. The Labute approximate surface area is 210 Å². The van der Waals surface area contributed by atoms with Crippen LogP contribution in [-0.2, 0) is 33.4 Å². The summed E-state index contributed by atoms with van der Waals surface area (Å²) in [5, 5.41) is 4.43. The van der Waals surface area contributed by atoms with Crippen molar-refractivity contribution in [3.8, 4) is 5.75 Å². The normalized spacial score (nSPS) is 17.8. The Morgan fingerprint density at radius 1 is 1.22 bits per heavy atom. The lowest BCUT2D eigenvalue weighted by molar-refractivity contribution is -0.147. The molecule has 190 valence electrons. The Balaban J connectivity index is 1.42. The highest BCUT2D eigenvalue weighted by atomic mass is 35.5. The third-order valence-electron chi connectivity index (χ3n) is 5.98. The van der Waals surface area contributed by atoms with Crippen molar-refractivity contribution in [1.82, 2.24) is 15.5 Å². The summed E-state index contributed by atoms with van der Waals surface area (Å²) in [5.41, 5.74) is 0.935. The highest BCUT2D eigenvalue weighted by Crippen LogP contribution is 2.35. The Bertz CT molecular complexity index is 1250. The van der Waals surface area contributed by atoms with Crippen LogP contribution in [0.5, 0.6) is 5.75 Å². The minimum atomic E-state index is -3.84. The second-order valence-electron chi connectivity index (χ2n) is 8.96. The molecule has 8 nitrogen and oxygen atoms in total. The van der Waals surface area contributed by atoms with Crippen LogP contribution in [0.2, 0.25) is 5.02 Å². The first-order valence-electron chi connectivity index (χ1n) is 11.4. The molecule has 0 saturated carbocycles. The molecule has 4 amide bonds. The van der Waals surface area contributed by atoms with Gasteiger partial charge < -0.3 is 15.0 Å². The summed E-state index contributed by atoms with van der Waals surface area (Å²) < 4.78 is 35.0. The van der Waals surface area contributed by atoms with Gasteiger partial charge in [-0.2, -0.15) is 8.78 Å². The Morgan fingerprint density at radius 3 is 2.64 bits per heavy atom. The molecule has 0 bridgehead atoms. The molecular formula is C25H24ClF2N3O5. The second kappa shape index (κ2) is 9.85. The fourth-order valence-electron chi connectivity index (χ4n) is 4.21. The van der Waals surface area contributed by atoms with Crippen molar-refractivity contribution in [3.63, 3.8) is 0 Å². The van der Waals surface area contributed by atoms with Gasteiger partial charge in [-0.25, -0.2) is 0 Å². The van der Waals surface area contributed by atoms with E-state index in [-0.39, 0.29) is 54.6 Å². The Kier molecular flexibility index (Phi) is 6.99. The summed E-state index contributed by atoms with van der Waals surface area (Å²) in [4.78, 5) is 50.1. The molecule has 0 aromatic heterocycles. The summed E-state index contributed by atoms with van der Waals surface area (Å²) in [6, 6.07) is 7.36. The quantitative estimate of drug-likeness (QED) is 0.546. The minimum absolute atomic E-state index is 0.0301. The lowest BCUT2D eigenvalue weighted by atomic mass is 10.0. The predicted molar refractivity (Wildman–Crippen MR) is 125 cm³/mol. The molecule has 1 fully saturated rings. The lowest BCUT2D eigenvalue weighted by Crippen LogP contribution is -2.52. The number of carbonyl (C=O) groups is 4. The standard InChI is InChI=1S/C25H24ClF2N3O5/c1-13(2)36-20-7-4-16(10-18(20)26)25(27,28)24(35)29-11-14-3-5-17-15(9-14)12-31(23(17)34)19-6-8-21(32)30-22(19)33/h3-5,7,9-10,13,19H,6,8,11-12H2,1-2H3,(H,29,35)(H,30,32,33). The number of rotatable bonds is 7. The van der Waals surface area contributed by atoms with Gasteiger partial charge in [-0.1, -0.05) is 23.7 Å². The van der Waals surface area contributed by atoms with E-state index >= 15 is 0 Å². The number of alkyl halides is 2. The first kappa shape index (κ1) is 25.6. The van der Waals surface area contributed by atoms with Crippen LogP contribution in [0, 0.1) is 0 Å². The zero-order chi connectivity index (χ0) is 26.2. The number of nitrogens with one attached hydrogen (secondary N) is 2. The zero-order valence-corrected chi connectivity index (χ0v) is 20.3. The first-order valence-corrected chi connectivity index (χ1v) is 11.7. The molecule has 4 rings (SSSR count). The van der Waals surface area contributed by atoms with E-state index in [1.807, 2.05) is 0 Å². The zero-order valence-electron chi connectivity index (χ0n) is 19.6. The van der Waals surface area contributed by atoms with Crippen LogP contribution >= 0.6 is 11.6 Å². The molecular weight excluding hydrogens is 496 g/mol. The maximum Gasteiger partial charge on any atom is 0.349 e. The highest BCUT2D eigenvalue weighted by molar-refractivity contribution is 6.32. The number of piperidine rings is 1. The number of carbonyl (C=O) groups excluding carboxylic acids is 4. The molecule has 2 heterocycles. The third kappa shape index (κ3) is 5.04. The lowest BCUT2D eigenvalue weighted by Gasteiger charge is -2.29. The first-order chi connectivity index (χ1) is 17.0. The molecule has 2 aliphatic rings. The van der Waals surface area contributed by atoms with Gasteiger partial charge in [0, 0.05) is 30.6 Å². The van der Waals surface area contributed by atoms with Crippen molar-refractivity contribution >= 4 is 35.2 Å². The molecule has 2 aliphatic heterocycles. The molecule has 1 atom stereocenters. The van der Waals surface area contributed by atoms with Gasteiger partial charge in [0.2, 0.25) is 11.8 Å². The molecule has 0 radical (unpaired) electrons. The van der Waals surface area contributed by atoms with Crippen molar-refractivity contribution in [2.45, 2.75) is 57.8 Å². The van der Waals surface area contributed by atoms with Crippen LogP contribution in [-0.4, -0.2) is 40.7 Å². The van der Waals surface area contributed by atoms with E-state index in [2.05, 4.69) is 10.6 Å². The Morgan fingerprint density at radius 2 is 1.97 bits per heavy atom. The predicted octanol–water partition coefficient (Wildman–Crippen LogP) is 3.30. The van der Waals surface area contributed by atoms with Crippen molar-refractivity contribution < 1.29 is 32.7 Å². The summed E-state index contributed by atoms with van der Waals surface area (Å²) in [7, 11) is 0. The highest BCUT2D eigenvalue weighted by Gasteiger charge is 2.42. The molecule has 2 aromatic rings. The number of nitrogens with zero attached hydrogens (tertiary/aromatic N) is 1. The number of hydrogen-bond acceptors (Lipinski definition) is 5. The van der Waals surface area contributed by atoms with E-state index in [0.717, 1.165) is 12.1 Å². The fraction of sp³-hybridized carbons (Fsp3) is 0.360. The van der Waals surface area contributed by atoms with Crippen LogP contribution < -0.4 is 15.4 Å². The largest absolute Gasteiger partial charge is 0.489 e. The number of halogens is 3. The van der Waals surface area contributed by atoms with Gasteiger partial charge in [-0.15, -0.1) is 0 Å². The van der Waals surface area contributed by atoms with Crippen LogP contribution in [0.4, 0.5) is 8.78 Å². The van der Waals surface area contributed by atoms with Crippen LogP contribution in [0.15, 0.2) is 36.4 Å². The topological polar surface area (TPSA) is 105 Å². The average Bonchev–Trinajstić information content (AvgIpc) is 3.13. The molecule has 36 heavy (non-hydrogen) atoms. The smallest absolute Gasteiger partial charge is 0.349 e. The molecule has 1 unspecified atom stereocenters. The van der Waals surface area contributed by atoms with Crippen molar-refractivity contribution in [2.75, 3.05) is 0 Å². The SMILES string of the molecule is CC(C)Oc1ccc(C(F)(F)C(=O)NCc2ccc3c(c2)CN(C2CCC(=O)NC2=O)C3=O)cc1Cl. The number of imide groups is 1. The summed E-state index contributed by atoms with van der Waals surface area (Å²) in [6.45, 7) is 3.49. The molecule has 2 N–H and O–H groups in total. The monoisotopic (exact) mass is 519 g/mol. The molecule has 0 aliphatic carbocycles. The van der Waals surface area contributed by atoms with Crippen LogP contribution in [0.25, 0.3) is 0 Å². The second-order valence-corrected chi connectivity index (χ2v) is 9.37. The van der Waals surface area contributed by atoms with Gasteiger partial charge in [-0.05, 0) is 55.7 Å². The van der Waals surface area contributed by atoms with Gasteiger partial charge in [0.25, 0.3) is 11.8 Å². The molecule has 1 saturated heterocycles. The maximum absolute atomic E-state index is 14.8. The summed E-state index contributed by atoms with van der Waals surface area (Å²) in [6.07, 6.45) is 0.174. The minimum Gasteiger partial charge on any atom is -0.489 e. The number of fused-ring (bicyclic) bond motifs is 1. The van der Waals surface area contributed by atoms with Gasteiger partial charge >= 0.3 is 5.92 Å². The number of benzene rings is 2. The van der Waals surface area contributed by atoms with Crippen LogP contribution in [0.3, 0.4) is 0 Å². The van der Waals surface area contributed by atoms with Gasteiger partial charge in [0.1, 0.15) is 11.8 Å². The average molecular weight is 520 g/mol. The Hall–Kier alpha value is -3.53. The number of amides is 4. The third-order valence-corrected chi connectivity index (χ3v) is 6.28. The van der Waals surface area contributed by atoms with E-state index in [1.165, 1.54) is 17.0 Å². The van der Waals surface area contributed by atoms with Gasteiger partial charge in [-0.3, -0.25) is 24.5 Å². The molecule has 2 aromatic carbocycles. The van der Waals surface area contributed by atoms with E-state index in [4.69, 9.17) is 16.3 Å². The molecule has 11 heteroatoms. The number of ether oxygens (including phenoxy) is 1. The van der Waals surface area contributed by atoms with Crippen molar-refractivity contribution in [1.29, 1.82) is 0 Å². The van der Waals surface area contributed by atoms with E-state index in [9.17, 15) is 28.0 Å². The van der Waals surface area contributed by atoms with Gasteiger partial charge in [0.15, 0.2) is 0 Å². The van der Waals surface area contributed by atoms with E-state index in [0.29, 0.717) is 16.7 Å². The van der Waals surface area contributed by atoms with Crippen molar-refractivity contribution in [2.24, 2.45) is 0 Å². The number of hydrogen-bond donors (Lipinski definition) is 2. The van der Waals surface area contributed by atoms with E-state index < -0.39 is 29.3 Å². The molecule has 0 spiro atoms. The van der Waals surface area contributed by atoms with Crippen LogP contribution in [0.1, 0.15) is 53.7 Å². The maximum atomic E-state index is 14.8. The van der Waals surface area contributed by atoms with Gasteiger partial charge in [0.05, 0.1) is 11.1 Å². The van der Waals surface area contributed by atoms with Crippen molar-refractivity contribution in [3.05, 3.63) is 63.7 Å². The fourth-order valence-corrected chi connectivity index (χ4v) is 4.43. The van der Waals surface area contributed by atoms with E-state index in [1.54, 1.807) is 26.0 Å². The summed E-state index contributed by atoms with van der Waals surface area (Å²) >= 11 is 6.04.